The Kier molecular flexibility index (Phi) is 4.56. The van der Waals surface area contributed by atoms with Crippen molar-refractivity contribution in [1.82, 2.24) is 14.5 Å². The Bertz CT molecular complexity index is 478. The van der Waals surface area contributed by atoms with Crippen molar-refractivity contribution in [2.24, 2.45) is 0 Å². The molecule has 0 saturated carbocycles. The van der Waals surface area contributed by atoms with E-state index in [-0.39, 0.29) is 5.69 Å². The zero-order valence-electron chi connectivity index (χ0n) is 11.1. The second-order valence-corrected chi connectivity index (χ2v) is 5.73. The molecule has 5 heteroatoms. The average molecular weight is 314 g/mol. The molecular formula is C13H20BrN3O. The molecule has 2 rings (SSSR count). The van der Waals surface area contributed by atoms with Crippen LogP contribution in [0, 0.1) is 13.8 Å². The second-order valence-electron chi connectivity index (χ2n) is 4.93. The van der Waals surface area contributed by atoms with Gasteiger partial charge in [0.25, 0.3) is 0 Å². The van der Waals surface area contributed by atoms with Gasteiger partial charge in [-0.3, -0.25) is 4.57 Å². The number of rotatable bonds is 4. The van der Waals surface area contributed by atoms with Gasteiger partial charge in [-0.2, -0.15) is 4.98 Å². The largest absolute Gasteiger partial charge is 0.348 e. The van der Waals surface area contributed by atoms with Crippen LogP contribution < -0.4 is 5.69 Å². The van der Waals surface area contributed by atoms with E-state index in [1.165, 1.54) is 25.9 Å². The van der Waals surface area contributed by atoms with E-state index in [9.17, 15) is 4.79 Å². The van der Waals surface area contributed by atoms with Gasteiger partial charge in [0.2, 0.25) is 0 Å². The summed E-state index contributed by atoms with van der Waals surface area (Å²) in [6.07, 6.45) is 3.64. The van der Waals surface area contributed by atoms with Crippen LogP contribution in [-0.4, -0.2) is 34.1 Å². The highest BCUT2D eigenvalue weighted by Gasteiger charge is 2.12. The Hall–Kier alpha value is -0.680. The lowest BCUT2D eigenvalue weighted by atomic mass is 10.3. The normalized spacial score (nSPS) is 16.4. The van der Waals surface area contributed by atoms with Crippen LogP contribution in [-0.2, 0) is 6.54 Å². The molecule has 0 spiro atoms. The monoisotopic (exact) mass is 313 g/mol. The van der Waals surface area contributed by atoms with E-state index in [2.05, 4.69) is 25.8 Å². The van der Waals surface area contributed by atoms with Gasteiger partial charge in [0.15, 0.2) is 0 Å². The van der Waals surface area contributed by atoms with E-state index in [1.54, 1.807) is 4.57 Å². The van der Waals surface area contributed by atoms with Crippen molar-refractivity contribution in [1.29, 1.82) is 0 Å². The first-order valence-electron chi connectivity index (χ1n) is 6.55. The molecule has 1 aromatic heterocycles. The van der Waals surface area contributed by atoms with Crippen molar-refractivity contribution >= 4 is 15.9 Å². The van der Waals surface area contributed by atoms with Crippen molar-refractivity contribution in [2.75, 3.05) is 19.6 Å². The maximum absolute atomic E-state index is 11.9. The summed E-state index contributed by atoms with van der Waals surface area (Å²) in [6.45, 7) is 8.08. The number of aromatic nitrogens is 2. The lowest BCUT2D eigenvalue weighted by Gasteiger charge is -2.16. The van der Waals surface area contributed by atoms with Crippen LogP contribution in [0.3, 0.4) is 0 Å². The Morgan fingerprint density at radius 1 is 1.22 bits per heavy atom. The molecule has 0 aromatic carbocycles. The van der Waals surface area contributed by atoms with Gasteiger partial charge in [-0.05, 0) is 68.7 Å². The molecule has 100 valence electrons. The Labute approximate surface area is 116 Å². The zero-order valence-corrected chi connectivity index (χ0v) is 12.7. The number of aryl methyl sites for hydroxylation is 1. The third-order valence-electron chi connectivity index (χ3n) is 3.59. The van der Waals surface area contributed by atoms with Crippen LogP contribution in [0.4, 0.5) is 0 Å². The molecule has 0 amide bonds. The Morgan fingerprint density at radius 2 is 1.89 bits per heavy atom. The molecule has 1 aromatic rings. The first-order valence-corrected chi connectivity index (χ1v) is 7.35. The average Bonchev–Trinajstić information content (AvgIpc) is 2.84. The summed E-state index contributed by atoms with van der Waals surface area (Å²) >= 11 is 3.49. The summed E-state index contributed by atoms with van der Waals surface area (Å²) in [7, 11) is 0. The van der Waals surface area contributed by atoms with Gasteiger partial charge in [-0.15, -0.1) is 0 Å². The van der Waals surface area contributed by atoms with Crippen LogP contribution in [0.25, 0.3) is 0 Å². The fourth-order valence-corrected chi connectivity index (χ4v) is 2.80. The number of hydrogen-bond acceptors (Lipinski definition) is 3. The summed E-state index contributed by atoms with van der Waals surface area (Å²) in [5.74, 6) is 0. The minimum Gasteiger partial charge on any atom is -0.303 e. The minimum atomic E-state index is -0.130. The summed E-state index contributed by atoms with van der Waals surface area (Å²) in [6, 6.07) is 0. The van der Waals surface area contributed by atoms with Crippen LogP contribution in [0.5, 0.6) is 0 Å². The molecule has 0 bridgehead atoms. The maximum atomic E-state index is 11.9. The quantitative estimate of drug-likeness (QED) is 0.854. The third kappa shape index (κ3) is 3.01. The zero-order chi connectivity index (χ0) is 13.1. The first-order chi connectivity index (χ1) is 8.59. The standard InChI is InChI=1S/C13H20BrN3O/c1-10-12(14)11(2)17(13(18)15-10)9-5-8-16-6-3-4-7-16/h3-9H2,1-2H3. The molecule has 18 heavy (non-hydrogen) atoms. The molecule has 1 fully saturated rings. The predicted octanol–water partition coefficient (Wildman–Crippen LogP) is 2.11. The molecule has 0 radical (unpaired) electrons. The molecule has 1 aliphatic rings. The van der Waals surface area contributed by atoms with Crippen molar-refractivity contribution in [3.63, 3.8) is 0 Å². The molecule has 2 heterocycles. The van der Waals surface area contributed by atoms with E-state index < -0.39 is 0 Å². The van der Waals surface area contributed by atoms with E-state index in [0.29, 0.717) is 0 Å². The fourth-order valence-electron chi connectivity index (χ4n) is 2.50. The van der Waals surface area contributed by atoms with Crippen molar-refractivity contribution in [3.8, 4) is 0 Å². The lowest BCUT2D eigenvalue weighted by molar-refractivity contribution is 0.323. The summed E-state index contributed by atoms with van der Waals surface area (Å²) < 4.78 is 2.72. The van der Waals surface area contributed by atoms with Gasteiger partial charge in [-0.1, -0.05) is 0 Å². The second kappa shape index (κ2) is 5.97. The highest BCUT2D eigenvalue weighted by Crippen LogP contribution is 2.17. The van der Waals surface area contributed by atoms with Crippen LogP contribution in [0.15, 0.2) is 9.27 Å². The van der Waals surface area contributed by atoms with Crippen LogP contribution in [0.1, 0.15) is 30.7 Å². The molecule has 0 atom stereocenters. The maximum Gasteiger partial charge on any atom is 0.348 e. The van der Waals surface area contributed by atoms with Gasteiger partial charge < -0.3 is 4.90 Å². The number of likely N-dealkylation sites (tertiary alicyclic amines) is 1. The minimum absolute atomic E-state index is 0.130. The highest BCUT2D eigenvalue weighted by atomic mass is 79.9. The summed E-state index contributed by atoms with van der Waals surface area (Å²) in [5.41, 5.74) is 1.62. The van der Waals surface area contributed by atoms with Gasteiger partial charge >= 0.3 is 5.69 Å². The van der Waals surface area contributed by atoms with Crippen molar-refractivity contribution in [2.45, 2.75) is 39.7 Å². The number of halogens is 1. The fraction of sp³-hybridized carbons (Fsp3) is 0.692. The molecule has 0 aliphatic carbocycles. The van der Waals surface area contributed by atoms with E-state index >= 15 is 0 Å². The Balaban J connectivity index is 2.00. The third-order valence-corrected chi connectivity index (χ3v) is 4.74. The SMILES string of the molecule is Cc1nc(=O)n(CCCN2CCCC2)c(C)c1Br. The molecule has 1 aliphatic heterocycles. The van der Waals surface area contributed by atoms with E-state index in [1.807, 2.05) is 13.8 Å². The molecule has 4 nitrogen and oxygen atoms in total. The Morgan fingerprint density at radius 3 is 2.56 bits per heavy atom. The van der Waals surface area contributed by atoms with Crippen molar-refractivity contribution < 1.29 is 0 Å². The first kappa shape index (κ1) is 13.7. The molecular weight excluding hydrogens is 294 g/mol. The van der Waals surface area contributed by atoms with E-state index in [4.69, 9.17) is 0 Å². The van der Waals surface area contributed by atoms with Gasteiger partial charge in [0, 0.05) is 12.2 Å². The van der Waals surface area contributed by atoms with E-state index in [0.717, 1.165) is 35.4 Å². The van der Waals surface area contributed by atoms with Gasteiger partial charge in [-0.25, -0.2) is 4.79 Å². The molecule has 0 N–H and O–H groups in total. The summed E-state index contributed by atoms with van der Waals surface area (Å²) in [4.78, 5) is 18.4. The number of nitrogens with zero attached hydrogens (tertiary/aromatic N) is 3. The van der Waals surface area contributed by atoms with Gasteiger partial charge in [0.1, 0.15) is 0 Å². The highest BCUT2D eigenvalue weighted by molar-refractivity contribution is 9.10. The lowest BCUT2D eigenvalue weighted by Crippen LogP contribution is -2.28. The molecule has 1 saturated heterocycles. The van der Waals surface area contributed by atoms with Crippen LogP contribution in [0.2, 0.25) is 0 Å². The van der Waals surface area contributed by atoms with Crippen molar-refractivity contribution in [3.05, 3.63) is 26.3 Å². The van der Waals surface area contributed by atoms with Gasteiger partial charge in [0.05, 0.1) is 10.2 Å². The topological polar surface area (TPSA) is 38.1 Å². The smallest absolute Gasteiger partial charge is 0.303 e. The number of hydrogen-bond donors (Lipinski definition) is 0. The molecule has 0 unspecified atom stereocenters. The van der Waals surface area contributed by atoms with Crippen LogP contribution >= 0.6 is 15.9 Å². The summed E-state index contributed by atoms with van der Waals surface area (Å²) in [5, 5.41) is 0. The predicted molar refractivity (Wildman–Crippen MR) is 76.0 cm³/mol.